The predicted molar refractivity (Wildman–Crippen MR) is 65.7 cm³/mol. The number of aliphatic hydroxyl groups is 1. The van der Waals surface area contributed by atoms with Gasteiger partial charge in [-0.1, -0.05) is 6.07 Å². The number of nitrogens with zero attached hydrogens (tertiary/aromatic N) is 1. The number of hydrogen-bond donors (Lipinski definition) is 2. The van der Waals surface area contributed by atoms with Crippen LogP contribution in [0.3, 0.4) is 0 Å². The molecule has 1 heterocycles. The second-order valence-electron chi connectivity index (χ2n) is 4.72. The molecule has 1 aliphatic heterocycles. The molecular formula is C13H16F4N2O. The molecule has 20 heavy (non-hydrogen) atoms. The molecule has 0 bridgehead atoms. The number of benzene rings is 1. The molecule has 1 aliphatic rings. The third kappa shape index (κ3) is 3.28. The van der Waals surface area contributed by atoms with Gasteiger partial charge in [-0.15, -0.1) is 0 Å². The van der Waals surface area contributed by atoms with E-state index in [4.69, 9.17) is 0 Å². The molecule has 0 spiro atoms. The second kappa shape index (κ2) is 6.07. The summed E-state index contributed by atoms with van der Waals surface area (Å²) in [6.07, 6.45) is -4.73. The number of nitrogens with one attached hydrogen (secondary N) is 1. The Bertz CT molecular complexity index is 458. The Kier molecular flexibility index (Phi) is 4.62. The number of alkyl halides is 3. The standard InChI is InChI=1S/C13H16F4N2O/c14-11-2-1-9(7-10(11)13(15,16)17)12(8-20)19-5-3-18-4-6-19/h1-2,7,12,18,20H,3-6,8H2/t12-/m0/s1. The summed E-state index contributed by atoms with van der Waals surface area (Å²) in [5, 5.41) is 12.6. The van der Waals surface area contributed by atoms with Crippen molar-refractivity contribution in [3.05, 3.63) is 35.1 Å². The van der Waals surface area contributed by atoms with Crippen LogP contribution in [-0.4, -0.2) is 42.8 Å². The first kappa shape index (κ1) is 15.2. The molecule has 1 atom stereocenters. The number of piperazine rings is 1. The molecule has 2 N–H and O–H groups in total. The molecule has 0 radical (unpaired) electrons. The number of hydrogen-bond acceptors (Lipinski definition) is 3. The van der Waals surface area contributed by atoms with Crippen LogP contribution in [0.5, 0.6) is 0 Å². The summed E-state index contributed by atoms with van der Waals surface area (Å²) in [6, 6.07) is 2.35. The lowest BCUT2D eigenvalue weighted by Crippen LogP contribution is -2.46. The van der Waals surface area contributed by atoms with E-state index in [1.54, 1.807) is 0 Å². The minimum atomic E-state index is -4.73. The first-order valence-electron chi connectivity index (χ1n) is 6.35. The van der Waals surface area contributed by atoms with Gasteiger partial charge < -0.3 is 10.4 Å². The molecule has 1 saturated heterocycles. The Hall–Kier alpha value is -1.18. The van der Waals surface area contributed by atoms with Crippen LogP contribution in [0.2, 0.25) is 0 Å². The van der Waals surface area contributed by atoms with Crippen molar-refractivity contribution in [3.8, 4) is 0 Å². The van der Waals surface area contributed by atoms with E-state index in [1.807, 2.05) is 4.90 Å². The maximum atomic E-state index is 13.3. The normalized spacial score (nSPS) is 19.1. The lowest BCUT2D eigenvalue weighted by molar-refractivity contribution is -0.140. The van der Waals surface area contributed by atoms with Gasteiger partial charge in [-0.05, 0) is 17.7 Å². The zero-order valence-corrected chi connectivity index (χ0v) is 10.8. The van der Waals surface area contributed by atoms with Crippen LogP contribution in [-0.2, 0) is 6.18 Å². The minimum absolute atomic E-state index is 0.281. The highest BCUT2D eigenvalue weighted by atomic mass is 19.4. The molecule has 7 heteroatoms. The summed E-state index contributed by atoms with van der Waals surface area (Å²) in [5.74, 6) is -1.29. The molecule has 0 aromatic heterocycles. The van der Waals surface area contributed by atoms with Crippen LogP contribution in [0.4, 0.5) is 17.6 Å². The van der Waals surface area contributed by atoms with Crippen LogP contribution in [0.15, 0.2) is 18.2 Å². The molecule has 0 amide bonds. The third-order valence-corrected chi connectivity index (χ3v) is 3.45. The minimum Gasteiger partial charge on any atom is -0.394 e. The summed E-state index contributed by atoms with van der Waals surface area (Å²) < 4.78 is 51.4. The SMILES string of the molecule is OC[C@@H](c1ccc(F)c(C(F)(F)F)c1)N1CCNCC1. The van der Waals surface area contributed by atoms with E-state index in [-0.39, 0.29) is 12.2 Å². The van der Waals surface area contributed by atoms with E-state index in [2.05, 4.69) is 5.32 Å². The molecule has 1 aromatic carbocycles. The molecule has 1 aromatic rings. The van der Waals surface area contributed by atoms with E-state index in [0.29, 0.717) is 26.2 Å². The average molecular weight is 292 g/mol. The first-order valence-corrected chi connectivity index (χ1v) is 6.35. The van der Waals surface area contributed by atoms with Gasteiger partial charge in [0.2, 0.25) is 0 Å². The Morgan fingerprint density at radius 2 is 1.90 bits per heavy atom. The topological polar surface area (TPSA) is 35.5 Å². The van der Waals surface area contributed by atoms with E-state index in [0.717, 1.165) is 12.1 Å². The van der Waals surface area contributed by atoms with Gasteiger partial charge in [0.25, 0.3) is 0 Å². The zero-order valence-electron chi connectivity index (χ0n) is 10.8. The van der Waals surface area contributed by atoms with E-state index < -0.39 is 23.6 Å². The van der Waals surface area contributed by atoms with Gasteiger partial charge in [0.15, 0.2) is 0 Å². The van der Waals surface area contributed by atoms with Crippen molar-refractivity contribution < 1.29 is 22.7 Å². The van der Waals surface area contributed by atoms with Crippen molar-refractivity contribution >= 4 is 0 Å². The average Bonchev–Trinajstić information content (AvgIpc) is 2.41. The van der Waals surface area contributed by atoms with E-state index >= 15 is 0 Å². The highest BCUT2D eigenvalue weighted by molar-refractivity contribution is 5.29. The lowest BCUT2D eigenvalue weighted by Gasteiger charge is -2.34. The maximum absolute atomic E-state index is 13.3. The van der Waals surface area contributed by atoms with Gasteiger partial charge >= 0.3 is 6.18 Å². The third-order valence-electron chi connectivity index (χ3n) is 3.45. The van der Waals surface area contributed by atoms with Crippen LogP contribution in [0.1, 0.15) is 17.2 Å². The van der Waals surface area contributed by atoms with Crippen molar-refractivity contribution in [1.29, 1.82) is 0 Å². The summed E-state index contributed by atoms with van der Waals surface area (Å²) >= 11 is 0. The zero-order chi connectivity index (χ0) is 14.8. The summed E-state index contributed by atoms with van der Waals surface area (Å²) in [5.41, 5.74) is -1.01. The maximum Gasteiger partial charge on any atom is 0.419 e. The Balaban J connectivity index is 2.30. The molecule has 1 fully saturated rings. The smallest absolute Gasteiger partial charge is 0.394 e. The number of rotatable bonds is 3. The highest BCUT2D eigenvalue weighted by Gasteiger charge is 2.35. The molecule has 3 nitrogen and oxygen atoms in total. The lowest BCUT2D eigenvalue weighted by atomic mass is 10.0. The second-order valence-corrected chi connectivity index (χ2v) is 4.72. The molecule has 2 rings (SSSR count). The molecule has 0 unspecified atom stereocenters. The molecule has 112 valence electrons. The van der Waals surface area contributed by atoms with Crippen molar-refractivity contribution in [2.75, 3.05) is 32.8 Å². The van der Waals surface area contributed by atoms with Crippen molar-refractivity contribution in [3.63, 3.8) is 0 Å². The fourth-order valence-corrected chi connectivity index (χ4v) is 2.39. The summed E-state index contributed by atoms with van der Waals surface area (Å²) in [6.45, 7) is 2.38. The van der Waals surface area contributed by atoms with E-state index in [1.165, 1.54) is 6.07 Å². The quantitative estimate of drug-likeness (QED) is 0.834. The fourth-order valence-electron chi connectivity index (χ4n) is 2.39. The number of halogens is 4. The fraction of sp³-hybridized carbons (Fsp3) is 0.538. The number of aliphatic hydroxyl groups excluding tert-OH is 1. The van der Waals surface area contributed by atoms with Gasteiger partial charge in [-0.2, -0.15) is 13.2 Å². The summed E-state index contributed by atoms with van der Waals surface area (Å²) in [7, 11) is 0. The molecule has 0 aliphatic carbocycles. The molecule has 0 saturated carbocycles. The van der Waals surface area contributed by atoms with Crippen molar-refractivity contribution in [2.45, 2.75) is 12.2 Å². The Labute approximate surface area is 114 Å². The predicted octanol–water partition coefficient (Wildman–Crippen LogP) is 1.78. The highest BCUT2D eigenvalue weighted by Crippen LogP contribution is 2.34. The van der Waals surface area contributed by atoms with Crippen molar-refractivity contribution in [1.82, 2.24) is 10.2 Å². The van der Waals surface area contributed by atoms with E-state index in [9.17, 15) is 22.7 Å². The van der Waals surface area contributed by atoms with Gasteiger partial charge in [-0.25, -0.2) is 4.39 Å². The van der Waals surface area contributed by atoms with Crippen LogP contribution >= 0.6 is 0 Å². The van der Waals surface area contributed by atoms with Crippen LogP contribution in [0.25, 0.3) is 0 Å². The van der Waals surface area contributed by atoms with Gasteiger partial charge in [0.1, 0.15) is 5.82 Å². The van der Waals surface area contributed by atoms with Gasteiger partial charge in [0, 0.05) is 26.2 Å². The van der Waals surface area contributed by atoms with Crippen molar-refractivity contribution in [2.24, 2.45) is 0 Å². The summed E-state index contributed by atoms with van der Waals surface area (Å²) in [4.78, 5) is 1.89. The van der Waals surface area contributed by atoms with Gasteiger partial charge in [-0.3, -0.25) is 4.90 Å². The van der Waals surface area contributed by atoms with Crippen LogP contribution < -0.4 is 5.32 Å². The molecular weight excluding hydrogens is 276 g/mol. The first-order chi connectivity index (χ1) is 9.43. The Morgan fingerprint density at radius 1 is 1.25 bits per heavy atom. The monoisotopic (exact) mass is 292 g/mol. The largest absolute Gasteiger partial charge is 0.419 e. The van der Waals surface area contributed by atoms with Crippen LogP contribution in [0, 0.1) is 5.82 Å². The Morgan fingerprint density at radius 3 is 2.45 bits per heavy atom. The van der Waals surface area contributed by atoms with Gasteiger partial charge in [0.05, 0.1) is 18.2 Å².